The average Bonchev–Trinajstić information content (AvgIpc) is 2.42. The van der Waals surface area contributed by atoms with Crippen LogP contribution in [0.5, 0.6) is 0 Å². The summed E-state index contributed by atoms with van der Waals surface area (Å²) in [4.78, 5) is 31.7. The highest BCUT2D eigenvalue weighted by Crippen LogP contribution is 2.44. The Hall–Kier alpha value is -0.870. The minimum absolute atomic E-state index is 0.0201. The fourth-order valence-corrected chi connectivity index (χ4v) is 4.29. The second-order valence-corrected chi connectivity index (χ2v) is 8.42. The van der Waals surface area contributed by atoms with Crippen molar-refractivity contribution in [3.05, 3.63) is 0 Å². The number of nitrogens with two attached hydrogens (primary N) is 1. The van der Waals surface area contributed by atoms with E-state index in [-0.39, 0.29) is 25.2 Å². The standard InChI is InChI=1S/C15H30NO5P/c1-2-3-4-5-6-7-8-11-22(20,21)12-13(15(18)19)9-10-14(16)17/h13H,2-12H2,1H3,(H2,16,17)(H,18,19)(H,20,21). The molecule has 130 valence electrons. The second kappa shape index (κ2) is 11.7. The first-order valence-electron chi connectivity index (χ1n) is 8.10. The molecule has 0 spiro atoms. The van der Waals surface area contributed by atoms with Gasteiger partial charge in [-0.1, -0.05) is 45.4 Å². The summed E-state index contributed by atoms with van der Waals surface area (Å²) in [6.07, 6.45) is 7.15. The maximum Gasteiger partial charge on any atom is 0.307 e. The summed E-state index contributed by atoms with van der Waals surface area (Å²) in [5.41, 5.74) is 4.99. The molecule has 2 unspecified atom stereocenters. The van der Waals surface area contributed by atoms with E-state index in [1.54, 1.807) is 0 Å². The van der Waals surface area contributed by atoms with Gasteiger partial charge in [0.15, 0.2) is 0 Å². The molecule has 0 aromatic carbocycles. The molecule has 0 rings (SSSR count). The summed E-state index contributed by atoms with van der Waals surface area (Å²) in [6, 6.07) is 0. The van der Waals surface area contributed by atoms with Gasteiger partial charge in [0.1, 0.15) is 0 Å². The van der Waals surface area contributed by atoms with Crippen molar-refractivity contribution in [2.75, 3.05) is 12.3 Å². The molecule has 0 aliphatic carbocycles. The van der Waals surface area contributed by atoms with Gasteiger partial charge < -0.3 is 15.7 Å². The summed E-state index contributed by atoms with van der Waals surface area (Å²) in [7, 11) is -3.46. The molecule has 7 heteroatoms. The number of hydrogen-bond donors (Lipinski definition) is 3. The second-order valence-electron chi connectivity index (χ2n) is 5.91. The molecule has 0 radical (unpaired) electrons. The van der Waals surface area contributed by atoms with Crippen LogP contribution in [0.1, 0.15) is 64.7 Å². The monoisotopic (exact) mass is 335 g/mol. The minimum atomic E-state index is -3.46. The molecule has 0 aromatic heterocycles. The molecule has 0 aromatic rings. The van der Waals surface area contributed by atoms with Gasteiger partial charge in [0.25, 0.3) is 0 Å². The van der Waals surface area contributed by atoms with E-state index >= 15 is 0 Å². The number of aliphatic carboxylic acids is 1. The topological polar surface area (TPSA) is 118 Å². The quantitative estimate of drug-likeness (QED) is 0.333. The zero-order valence-electron chi connectivity index (χ0n) is 13.5. The molecule has 0 fully saturated rings. The van der Waals surface area contributed by atoms with Gasteiger partial charge in [-0.05, 0) is 12.8 Å². The van der Waals surface area contributed by atoms with E-state index in [2.05, 4.69) is 6.92 Å². The van der Waals surface area contributed by atoms with Gasteiger partial charge in [-0.15, -0.1) is 0 Å². The third-order valence-corrected chi connectivity index (χ3v) is 5.73. The molecule has 0 aliphatic rings. The molecule has 0 bridgehead atoms. The van der Waals surface area contributed by atoms with Crippen LogP contribution in [-0.4, -0.2) is 34.2 Å². The number of rotatable bonds is 14. The van der Waals surface area contributed by atoms with Crippen LogP contribution in [0, 0.1) is 5.92 Å². The van der Waals surface area contributed by atoms with Crippen molar-refractivity contribution >= 4 is 19.2 Å². The van der Waals surface area contributed by atoms with Crippen LogP contribution in [0.25, 0.3) is 0 Å². The van der Waals surface area contributed by atoms with E-state index in [9.17, 15) is 19.0 Å². The fraction of sp³-hybridized carbons (Fsp3) is 0.867. The lowest BCUT2D eigenvalue weighted by Gasteiger charge is -2.16. The minimum Gasteiger partial charge on any atom is -0.481 e. The summed E-state index contributed by atoms with van der Waals surface area (Å²) in [5, 5.41) is 9.06. The molecule has 0 aliphatic heterocycles. The number of primary amides is 1. The van der Waals surface area contributed by atoms with E-state index in [1.807, 2.05) is 0 Å². The van der Waals surface area contributed by atoms with E-state index in [0.29, 0.717) is 6.42 Å². The van der Waals surface area contributed by atoms with Gasteiger partial charge in [-0.3, -0.25) is 14.2 Å². The summed E-state index contributed by atoms with van der Waals surface area (Å²) in [5.74, 6) is -2.71. The van der Waals surface area contributed by atoms with Crippen LogP contribution in [0.2, 0.25) is 0 Å². The lowest BCUT2D eigenvalue weighted by atomic mass is 10.1. The number of carboxylic acids is 1. The first kappa shape index (κ1) is 21.1. The highest BCUT2D eigenvalue weighted by Gasteiger charge is 2.28. The smallest absolute Gasteiger partial charge is 0.307 e. The van der Waals surface area contributed by atoms with Gasteiger partial charge in [0.2, 0.25) is 13.3 Å². The van der Waals surface area contributed by atoms with Gasteiger partial charge in [0, 0.05) is 18.7 Å². The molecule has 0 saturated carbocycles. The molecule has 2 atom stereocenters. The SMILES string of the molecule is CCCCCCCCCP(=O)(O)CC(CCC(N)=O)C(=O)O. The van der Waals surface area contributed by atoms with E-state index in [0.717, 1.165) is 19.3 Å². The molecule has 0 saturated heterocycles. The third kappa shape index (κ3) is 11.8. The molecular weight excluding hydrogens is 305 g/mol. The van der Waals surface area contributed by atoms with Gasteiger partial charge in [-0.2, -0.15) is 0 Å². The highest BCUT2D eigenvalue weighted by molar-refractivity contribution is 7.58. The summed E-state index contributed by atoms with van der Waals surface area (Å²) < 4.78 is 12.1. The van der Waals surface area contributed by atoms with Crippen molar-refractivity contribution < 1.29 is 24.2 Å². The lowest BCUT2D eigenvalue weighted by molar-refractivity contribution is -0.141. The normalized spacial score (nSPS) is 15.2. The Morgan fingerprint density at radius 2 is 1.64 bits per heavy atom. The van der Waals surface area contributed by atoms with Crippen molar-refractivity contribution in [3.63, 3.8) is 0 Å². The van der Waals surface area contributed by atoms with Gasteiger partial charge in [0.05, 0.1) is 5.92 Å². The van der Waals surface area contributed by atoms with Crippen molar-refractivity contribution in [2.24, 2.45) is 11.7 Å². The Labute approximate surface area is 132 Å². The summed E-state index contributed by atoms with van der Waals surface area (Å²) >= 11 is 0. The average molecular weight is 335 g/mol. The Bertz CT molecular complexity index is 386. The number of carbonyl (C=O) groups is 2. The first-order chi connectivity index (χ1) is 10.3. The van der Waals surface area contributed by atoms with Crippen molar-refractivity contribution in [1.82, 2.24) is 0 Å². The molecular formula is C15H30NO5P. The molecule has 4 N–H and O–H groups in total. The predicted molar refractivity (Wildman–Crippen MR) is 87.1 cm³/mol. The van der Waals surface area contributed by atoms with Gasteiger partial charge >= 0.3 is 5.97 Å². The lowest BCUT2D eigenvalue weighted by Crippen LogP contribution is -2.22. The van der Waals surface area contributed by atoms with Crippen LogP contribution in [0.4, 0.5) is 0 Å². The van der Waals surface area contributed by atoms with Crippen LogP contribution >= 0.6 is 7.37 Å². The maximum absolute atomic E-state index is 12.1. The number of amides is 1. The zero-order valence-corrected chi connectivity index (χ0v) is 14.4. The van der Waals surface area contributed by atoms with Gasteiger partial charge in [-0.25, -0.2) is 0 Å². The Balaban J connectivity index is 4.05. The number of carboxylic acid groups (broad SMARTS) is 1. The number of hydrogen-bond acceptors (Lipinski definition) is 3. The van der Waals surface area contributed by atoms with Crippen LogP contribution in [0.15, 0.2) is 0 Å². The largest absolute Gasteiger partial charge is 0.481 e. The van der Waals surface area contributed by atoms with E-state index in [4.69, 9.17) is 10.8 Å². The zero-order chi connectivity index (χ0) is 17.0. The maximum atomic E-state index is 12.1. The molecule has 6 nitrogen and oxygen atoms in total. The fourth-order valence-electron chi connectivity index (χ4n) is 2.36. The number of unbranched alkanes of at least 4 members (excludes halogenated alkanes) is 6. The summed E-state index contributed by atoms with van der Waals surface area (Å²) in [6.45, 7) is 2.15. The van der Waals surface area contributed by atoms with Crippen LogP contribution in [-0.2, 0) is 14.2 Å². The van der Waals surface area contributed by atoms with Crippen molar-refractivity contribution in [2.45, 2.75) is 64.7 Å². The number of carbonyl (C=O) groups excluding carboxylic acids is 1. The van der Waals surface area contributed by atoms with Crippen LogP contribution < -0.4 is 5.73 Å². The Kier molecular flexibility index (Phi) is 11.2. The van der Waals surface area contributed by atoms with Crippen molar-refractivity contribution in [1.29, 1.82) is 0 Å². The Morgan fingerprint density at radius 1 is 1.09 bits per heavy atom. The molecule has 0 heterocycles. The predicted octanol–water partition coefficient (Wildman–Crippen LogP) is 2.97. The Morgan fingerprint density at radius 3 is 2.14 bits per heavy atom. The van der Waals surface area contributed by atoms with E-state index < -0.39 is 25.2 Å². The molecule has 1 amide bonds. The molecule has 22 heavy (non-hydrogen) atoms. The third-order valence-electron chi connectivity index (χ3n) is 3.71. The van der Waals surface area contributed by atoms with Crippen molar-refractivity contribution in [3.8, 4) is 0 Å². The van der Waals surface area contributed by atoms with E-state index in [1.165, 1.54) is 19.3 Å². The van der Waals surface area contributed by atoms with Crippen LogP contribution in [0.3, 0.4) is 0 Å². The highest BCUT2D eigenvalue weighted by atomic mass is 31.2. The first-order valence-corrected chi connectivity index (χ1v) is 10.1.